The Bertz CT molecular complexity index is 5320. The lowest BCUT2D eigenvalue weighted by Crippen LogP contribution is -2.26. The van der Waals surface area contributed by atoms with Crippen LogP contribution in [0.1, 0.15) is 22.3 Å². The van der Waals surface area contributed by atoms with E-state index in [1.54, 1.807) is 0 Å². The van der Waals surface area contributed by atoms with Crippen LogP contribution in [0.5, 0.6) is 0 Å². The lowest BCUT2D eigenvalue weighted by atomic mass is 9.70. The molecule has 14 aromatic carbocycles. The molecule has 2 aliphatic carbocycles. The van der Waals surface area contributed by atoms with Crippen LogP contribution in [0.15, 0.2) is 312 Å². The van der Waals surface area contributed by atoms with E-state index in [-0.39, 0.29) is 0 Å². The Morgan fingerprint density at radius 3 is 1.29 bits per heavy atom. The molecule has 2 heterocycles. The van der Waals surface area contributed by atoms with E-state index in [4.69, 9.17) is 8.83 Å². The van der Waals surface area contributed by atoms with Crippen molar-refractivity contribution < 1.29 is 8.83 Å². The van der Waals surface area contributed by atoms with Crippen molar-refractivity contribution >= 4 is 99.5 Å². The Kier molecular flexibility index (Phi) is 10.3. The Balaban J connectivity index is 0.895. The highest BCUT2D eigenvalue weighted by Gasteiger charge is 2.52. The van der Waals surface area contributed by atoms with Crippen LogP contribution in [0, 0.1) is 0 Å². The molecule has 4 nitrogen and oxygen atoms in total. The van der Waals surface area contributed by atoms with Crippen LogP contribution < -0.4 is 9.80 Å². The number of rotatable bonds is 8. The average Bonchev–Trinajstić information content (AvgIpc) is 1.53. The van der Waals surface area contributed by atoms with Crippen molar-refractivity contribution in [2.24, 2.45) is 0 Å². The molecule has 85 heavy (non-hydrogen) atoms. The Morgan fingerprint density at radius 2 is 0.706 bits per heavy atom. The van der Waals surface area contributed by atoms with E-state index in [2.05, 4.69) is 307 Å². The van der Waals surface area contributed by atoms with Crippen molar-refractivity contribution in [1.82, 2.24) is 0 Å². The molecule has 0 aliphatic heterocycles. The summed E-state index contributed by atoms with van der Waals surface area (Å²) in [6.07, 6.45) is 0. The second-order valence-corrected chi connectivity index (χ2v) is 22.6. The third kappa shape index (κ3) is 6.97. The number of hydrogen-bond donors (Lipinski definition) is 0. The van der Waals surface area contributed by atoms with Gasteiger partial charge < -0.3 is 18.6 Å². The first-order valence-corrected chi connectivity index (χ1v) is 29.2. The summed E-state index contributed by atoms with van der Waals surface area (Å²) in [6.45, 7) is 0. The summed E-state index contributed by atoms with van der Waals surface area (Å²) >= 11 is 0. The first-order valence-electron chi connectivity index (χ1n) is 29.2. The maximum Gasteiger partial charge on any atom is 0.159 e. The second-order valence-electron chi connectivity index (χ2n) is 22.6. The summed E-state index contributed by atoms with van der Waals surface area (Å²) in [5, 5.41) is 9.00. The highest BCUT2D eigenvalue weighted by atomic mass is 16.3. The van der Waals surface area contributed by atoms with E-state index in [0.29, 0.717) is 0 Å². The van der Waals surface area contributed by atoms with Crippen molar-refractivity contribution in [3.63, 3.8) is 0 Å². The van der Waals surface area contributed by atoms with Gasteiger partial charge in [0.05, 0.1) is 22.5 Å². The molecule has 2 aliphatic rings. The van der Waals surface area contributed by atoms with Gasteiger partial charge >= 0.3 is 0 Å². The van der Waals surface area contributed by atoms with Crippen molar-refractivity contribution in [1.29, 1.82) is 0 Å². The zero-order chi connectivity index (χ0) is 55.7. The van der Waals surface area contributed by atoms with Gasteiger partial charge in [-0.05, 0) is 162 Å². The van der Waals surface area contributed by atoms with Crippen LogP contribution in [0.3, 0.4) is 0 Å². The third-order valence-electron chi connectivity index (χ3n) is 18.2. The first-order chi connectivity index (χ1) is 42.2. The molecule has 0 amide bonds. The fourth-order valence-electron chi connectivity index (χ4n) is 14.5. The standard InChI is InChI=1S/C81H50N2O2/c1-3-19-51(20-4-1)53-37-42-57(43-38-53)82(73-33-17-29-66-63-26-11-15-35-76(63)84-79(66)73)59-46-41-55-48-68-71(49-56(55)47-59)81(69-31-13-9-23-60(69)61-24-10-14-32-70(61)81)72-50-75(62-25-7-8-28-65(62)78(68)72)83(58-44-39-54(40-45-58)52-21-5-2-6-22-52)74-34-18-30-67-64-27-12-16-36-77(64)85-80(67)74/h1-50H. The van der Waals surface area contributed by atoms with Gasteiger partial charge in [0.25, 0.3) is 0 Å². The molecule has 0 N–H and O–H groups in total. The predicted octanol–water partition coefficient (Wildman–Crippen LogP) is 22.4. The van der Waals surface area contributed by atoms with Crippen molar-refractivity contribution in [2.75, 3.05) is 9.80 Å². The molecule has 0 unspecified atom stereocenters. The van der Waals surface area contributed by atoms with Gasteiger partial charge in [-0.2, -0.15) is 0 Å². The van der Waals surface area contributed by atoms with E-state index in [1.165, 1.54) is 61.0 Å². The number of fused-ring (bicyclic) bond motifs is 19. The normalized spacial score (nSPS) is 12.8. The third-order valence-corrected chi connectivity index (χ3v) is 18.2. The molecule has 16 aromatic rings. The van der Waals surface area contributed by atoms with E-state index >= 15 is 0 Å². The zero-order valence-electron chi connectivity index (χ0n) is 46.1. The fraction of sp³-hybridized carbons (Fsp3) is 0.0123. The van der Waals surface area contributed by atoms with Gasteiger partial charge in [0, 0.05) is 44.0 Å². The van der Waals surface area contributed by atoms with E-state index in [0.717, 1.165) is 105 Å². The Morgan fingerprint density at radius 1 is 0.247 bits per heavy atom. The SMILES string of the molecule is c1ccc(-c2ccc(N(c3ccc4cc5c(cc4c3)C3(c4ccccc4-c4ccccc43)c3cc(N(c4ccc(-c6ccccc6)cc4)c4cccc6c4oc4ccccc46)c4ccccc4c3-5)c3cccc4c3oc3ccccc34)cc2)cc1. The van der Waals surface area contributed by atoms with Crippen LogP contribution in [-0.2, 0) is 5.41 Å². The lowest BCUT2D eigenvalue weighted by Gasteiger charge is -2.33. The van der Waals surface area contributed by atoms with Gasteiger partial charge in [-0.15, -0.1) is 0 Å². The summed E-state index contributed by atoms with van der Waals surface area (Å²) in [4.78, 5) is 4.83. The topological polar surface area (TPSA) is 32.8 Å². The van der Waals surface area contributed by atoms with Crippen molar-refractivity contribution in [2.45, 2.75) is 5.41 Å². The fourth-order valence-corrected chi connectivity index (χ4v) is 14.5. The number of nitrogens with zero attached hydrogens (tertiary/aromatic N) is 2. The monoisotopic (exact) mass is 1080 g/mol. The van der Waals surface area contributed by atoms with Gasteiger partial charge in [-0.3, -0.25) is 0 Å². The summed E-state index contributed by atoms with van der Waals surface area (Å²) in [5.41, 5.74) is 23.6. The van der Waals surface area contributed by atoms with Gasteiger partial charge in [-0.1, -0.05) is 224 Å². The number of anilines is 6. The molecule has 396 valence electrons. The number of para-hydroxylation sites is 4. The predicted molar refractivity (Wildman–Crippen MR) is 353 cm³/mol. The van der Waals surface area contributed by atoms with Gasteiger partial charge in [0.1, 0.15) is 11.2 Å². The van der Waals surface area contributed by atoms with E-state index in [9.17, 15) is 0 Å². The molecule has 0 atom stereocenters. The van der Waals surface area contributed by atoms with Crippen molar-refractivity contribution in [3.05, 3.63) is 326 Å². The van der Waals surface area contributed by atoms with Gasteiger partial charge in [0.2, 0.25) is 0 Å². The molecule has 1 spiro atoms. The maximum absolute atomic E-state index is 6.98. The molecule has 0 radical (unpaired) electrons. The molecule has 18 rings (SSSR count). The molecule has 2 aromatic heterocycles. The summed E-state index contributed by atoms with van der Waals surface area (Å²) in [7, 11) is 0. The van der Waals surface area contributed by atoms with Crippen molar-refractivity contribution in [3.8, 4) is 44.5 Å². The van der Waals surface area contributed by atoms with E-state index < -0.39 is 5.41 Å². The molecular weight excluding hydrogens is 1030 g/mol. The quantitative estimate of drug-likeness (QED) is 0.152. The highest BCUT2D eigenvalue weighted by molar-refractivity contribution is 6.17. The minimum Gasteiger partial charge on any atom is -0.454 e. The maximum atomic E-state index is 6.98. The average molecular weight is 1080 g/mol. The molecule has 0 fully saturated rings. The zero-order valence-corrected chi connectivity index (χ0v) is 46.1. The molecular formula is C81H50N2O2. The van der Waals surface area contributed by atoms with Gasteiger partial charge in [0.15, 0.2) is 11.2 Å². The molecule has 0 saturated heterocycles. The number of benzene rings is 14. The van der Waals surface area contributed by atoms with Crippen LogP contribution in [-0.4, -0.2) is 0 Å². The van der Waals surface area contributed by atoms with Gasteiger partial charge in [-0.25, -0.2) is 0 Å². The number of furan rings is 2. The van der Waals surface area contributed by atoms with Crippen LogP contribution in [0.2, 0.25) is 0 Å². The first kappa shape index (κ1) is 47.4. The van der Waals surface area contributed by atoms with Crippen LogP contribution in [0.25, 0.3) is 110 Å². The van der Waals surface area contributed by atoms with Crippen LogP contribution in [0.4, 0.5) is 34.1 Å². The minimum atomic E-state index is -0.693. The second kappa shape index (κ2) is 18.4. The van der Waals surface area contributed by atoms with Crippen LogP contribution >= 0.6 is 0 Å². The summed E-state index contributed by atoms with van der Waals surface area (Å²) in [5.74, 6) is 0. The summed E-state index contributed by atoms with van der Waals surface area (Å²) in [6, 6.07) is 111. The Hall–Kier alpha value is -11.2. The summed E-state index contributed by atoms with van der Waals surface area (Å²) < 4.78 is 13.8. The number of hydrogen-bond acceptors (Lipinski definition) is 4. The smallest absolute Gasteiger partial charge is 0.159 e. The van der Waals surface area contributed by atoms with E-state index in [1.807, 2.05) is 6.07 Å². The largest absolute Gasteiger partial charge is 0.454 e. The Labute approximate surface area is 490 Å². The molecule has 0 bridgehead atoms. The minimum absolute atomic E-state index is 0.693. The molecule has 4 heteroatoms. The lowest BCUT2D eigenvalue weighted by molar-refractivity contribution is 0.668. The highest BCUT2D eigenvalue weighted by Crippen LogP contribution is 2.66. The molecule has 0 saturated carbocycles.